The van der Waals surface area contributed by atoms with Crippen molar-refractivity contribution in [2.24, 2.45) is 0 Å². The summed E-state index contributed by atoms with van der Waals surface area (Å²) in [5.41, 5.74) is 1.51. The molecule has 3 rings (SSSR count). The Balaban J connectivity index is 2.10. The fourth-order valence-corrected chi connectivity index (χ4v) is 2.42. The maximum Gasteiger partial charge on any atom is 0.358 e. The number of carboxylic acid groups (broad SMARTS) is 1. The maximum absolute atomic E-state index is 11.3. The Bertz CT molecular complexity index is 647. The molecule has 0 saturated heterocycles. The summed E-state index contributed by atoms with van der Waals surface area (Å²) in [6.07, 6.45) is 3.09. The summed E-state index contributed by atoms with van der Waals surface area (Å²) < 4.78 is 6.81. The van der Waals surface area contributed by atoms with Gasteiger partial charge in [-0.25, -0.2) is 9.48 Å². The lowest BCUT2D eigenvalue weighted by Crippen LogP contribution is -2.17. The molecule has 104 valence electrons. The van der Waals surface area contributed by atoms with Gasteiger partial charge in [-0.15, -0.1) is 5.10 Å². The van der Waals surface area contributed by atoms with E-state index < -0.39 is 5.97 Å². The fraction of sp³-hybridized carbons (Fsp3) is 0.357. The van der Waals surface area contributed by atoms with Gasteiger partial charge in [0.1, 0.15) is 5.75 Å². The molecule has 0 radical (unpaired) electrons. The summed E-state index contributed by atoms with van der Waals surface area (Å²) in [6.45, 7) is 0. The molecule has 0 bridgehead atoms. The number of benzene rings is 1. The van der Waals surface area contributed by atoms with Crippen LogP contribution in [0, 0.1) is 0 Å². The molecule has 1 fully saturated rings. The number of aromatic nitrogens is 3. The van der Waals surface area contributed by atoms with E-state index in [1.54, 1.807) is 11.8 Å². The molecule has 1 aromatic heterocycles. The lowest BCUT2D eigenvalue weighted by atomic mass is 9.82. The maximum atomic E-state index is 11.3. The molecular weight excluding hydrogens is 258 g/mol. The molecule has 6 nitrogen and oxygen atoms in total. The number of methoxy groups -OCH3 is 1. The fourth-order valence-electron chi connectivity index (χ4n) is 2.42. The van der Waals surface area contributed by atoms with Gasteiger partial charge in [-0.05, 0) is 25.0 Å². The molecule has 2 aromatic rings. The van der Waals surface area contributed by atoms with Gasteiger partial charge in [0.2, 0.25) is 0 Å². The highest BCUT2D eigenvalue weighted by atomic mass is 16.5. The molecule has 6 heteroatoms. The van der Waals surface area contributed by atoms with E-state index in [0.29, 0.717) is 11.4 Å². The van der Waals surface area contributed by atoms with Crippen molar-refractivity contribution in [2.45, 2.75) is 25.2 Å². The van der Waals surface area contributed by atoms with Gasteiger partial charge in [0.25, 0.3) is 0 Å². The lowest BCUT2D eigenvalue weighted by Gasteiger charge is -2.26. The second kappa shape index (κ2) is 4.96. The number of hydrogen-bond donors (Lipinski definition) is 1. The van der Waals surface area contributed by atoms with Gasteiger partial charge in [0.15, 0.2) is 5.69 Å². The second-order valence-corrected chi connectivity index (χ2v) is 4.87. The van der Waals surface area contributed by atoms with E-state index in [0.717, 1.165) is 24.9 Å². The molecule has 0 unspecified atom stereocenters. The van der Waals surface area contributed by atoms with Crippen LogP contribution in [0.25, 0.3) is 5.69 Å². The van der Waals surface area contributed by atoms with Crippen molar-refractivity contribution in [1.29, 1.82) is 0 Å². The number of carbonyl (C=O) groups is 1. The number of ether oxygens (including phenoxy) is 1. The average molecular weight is 273 g/mol. The smallest absolute Gasteiger partial charge is 0.358 e. The predicted octanol–water partition coefficient (Wildman–Crippen LogP) is 2.24. The first kappa shape index (κ1) is 12.7. The van der Waals surface area contributed by atoms with E-state index in [9.17, 15) is 9.90 Å². The molecule has 0 spiro atoms. The Morgan fingerprint density at radius 2 is 2.25 bits per heavy atom. The summed E-state index contributed by atoms with van der Waals surface area (Å²) in [5, 5.41) is 17.1. The van der Waals surface area contributed by atoms with Crippen molar-refractivity contribution in [1.82, 2.24) is 15.0 Å². The minimum absolute atomic E-state index is 0.0533. The van der Waals surface area contributed by atoms with E-state index in [1.807, 2.05) is 24.3 Å². The lowest BCUT2D eigenvalue weighted by molar-refractivity contribution is 0.0687. The Morgan fingerprint density at radius 1 is 1.45 bits per heavy atom. The molecule has 1 aromatic carbocycles. The first-order chi connectivity index (χ1) is 9.70. The third kappa shape index (κ3) is 2.03. The Kier molecular flexibility index (Phi) is 3.14. The predicted molar refractivity (Wildman–Crippen MR) is 71.5 cm³/mol. The molecule has 0 atom stereocenters. The highest BCUT2D eigenvalue weighted by Crippen LogP contribution is 2.38. The van der Waals surface area contributed by atoms with Crippen molar-refractivity contribution in [3.63, 3.8) is 0 Å². The monoisotopic (exact) mass is 273 g/mol. The molecule has 1 N–H and O–H groups in total. The topological polar surface area (TPSA) is 77.2 Å². The standard InChI is InChI=1S/C14H15N3O3/c1-20-11-7-3-6-10(8-11)17-13(9-4-2-5-9)12(14(18)19)15-16-17/h3,6-9H,2,4-5H2,1H3,(H,18,19). The molecule has 20 heavy (non-hydrogen) atoms. The zero-order valence-corrected chi connectivity index (χ0v) is 11.1. The van der Waals surface area contributed by atoms with Crippen molar-refractivity contribution in [3.8, 4) is 11.4 Å². The van der Waals surface area contributed by atoms with Gasteiger partial charge < -0.3 is 9.84 Å². The number of aromatic carboxylic acids is 1. The van der Waals surface area contributed by atoms with E-state index in [2.05, 4.69) is 10.3 Å². The number of rotatable bonds is 4. The first-order valence-corrected chi connectivity index (χ1v) is 6.54. The van der Waals surface area contributed by atoms with Crippen molar-refractivity contribution in [2.75, 3.05) is 7.11 Å². The minimum Gasteiger partial charge on any atom is -0.497 e. The molecule has 1 heterocycles. The minimum atomic E-state index is -1.03. The van der Waals surface area contributed by atoms with Gasteiger partial charge in [-0.3, -0.25) is 0 Å². The van der Waals surface area contributed by atoms with E-state index >= 15 is 0 Å². The van der Waals surface area contributed by atoms with Crippen LogP contribution in [0.15, 0.2) is 24.3 Å². The molecule has 1 aliphatic rings. The van der Waals surface area contributed by atoms with Gasteiger partial charge in [0, 0.05) is 12.0 Å². The average Bonchev–Trinajstić information content (AvgIpc) is 2.81. The van der Waals surface area contributed by atoms with Crippen molar-refractivity contribution in [3.05, 3.63) is 35.7 Å². The van der Waals surface area contributed by atoms with Crippen LogP contribution in [0.3, 0.4) is 0 Å². The van der Waals surface area contributed by atoms with Gasteiger partial charge in [-0.1, -0.05) is 17.7 Å². The van der Waals surface area contributed by atoms with Gasteiger partial charge in [-0.2, -0.15) is 0 Å². The largest absolute Gasteiger partial charge is 0.497 e. The van der Waals surface area contributed by atoms with Crippen LogP contribution in [0.4, 0.5) is 0 Å². The van der Waals surface area contributed by atoms with Crippen LogP contribution in [-0.4, -0.2) is 33.2 Å². The molecule has 0 amide bonds. The van der Waals surface area contributed by atoms with Gasteiger partial charge >= 0.3 is 5.97 Å². The van der Waals surface area contributed by atoms with Crippen LogP contribution >= 0.6 is 0 Å². The van der Waals surface area contributed by atoms with Crippen LogP contribution in [0.2, 0.25) is 0 Å². The van der Waals surface area contributed by atoms with Gasteiger partial charge in [0.05, 0.1) is 18.5 Å². The Labute approximate surface area is 116 Å². The molecular formula is C14H15N3O3. The van der Waals surface area contributed by atoms with Crippen LogP contribution in [-0.2, 0) is 0 Å². The highest BCUT2D eigenvalue weighted by Gasteiger charge is 2.31. The van der Waals surface area contributed by atoms with Crippen LogP contribution < -0.4 is 4.74 Å². The number of hydrogen-bond acceptors (Lipinski definition) is 4. The zero-order valence-electron chi connectivity index (χ0n) is 11.1. The van der Waals surface area contributed by atoms with Crippen molar-refractivity contribution < 1.29 is 14.6 Å². The molecule has 1 saturated carbocycles. The summed E-state index contributed by atoms with van der Waals surface area (Å²) in [5.74, 6) is -0.0993. The number of carboxylic acids is 1. The normalized spacial score (nSPS) is 14.8. The summed E-state index contributed by atoms with van der Waals surface area (Å²) >= 11 is 0. The summed E-state index contributed by atoms with van der Waals surface area (Å²) in [7, 11) is 1.59. The van der Waals surface area contributed by atoms with Crippen LogP contribution in [0.5, 0.6) is 5.75 Å². The molecule has 0 aliphatic heterocycles. The number of nitrogens with zero attached hydrogens (tertiary/aromatic N) is 3. The summed E-state index contributed by atoms with van der Waals surface area (Å²) in [6, 6.07) is 7.37. The quantitative estimate of drug-likeness (QED) is 0.924. The molecule has 1 aliphatic carbocycles. The van der Waals surface area contributed by atoms with Crippen LogP contribution in [0.1, 0.15) is 41.4 Å². The highest BCUT2D eigenvalue weighted by molar-refractivity contribution is 5.87. The van der Waals surface area contributed by atoms with E-state index in [1.165, 1.54) is 0 Å². The SMILES string of the molecule is COc1cccc(-n2nnc(C(=O)O)c2C2CCC2)c1. The summed E-state index contributed by atoms with van der Waals surface area (Å²) in [4.78, 5) is 11.3. The van der Waals surface area contributed by atoms with E-state index in [4.69, 9.17) is 4.74 Å². The van der Waals surface area contributed by atoms with E-state index in [-0.39, 0.29) is 11.6 Å². The zero-order chi connectivity index (χ0) is 14.1. The Hall–Kier alpha value is -2.37. The third-order valence-corrected chi connectivity index (χ3v) is 3.70. The van der Waals surface area contributed by atoms with Crippen molar-refractivity contribution >= 4 is 5.97 Å². The Morgan fingerprint density at radius 3 is 2.85 bits per heavy atom. The second-order valence-electron chi connectivity index (χ2n) is 4.87. The first-order valence-electron chi connectivity index (χ1n) is 6.54. The third-order valence-electron chi connectivity index (χ3n) is 3.70.